The van der Waals surface area contributed by atoms with Crippen LogP contribution in [0.15, 0.2) is 42.5 Å². The summed E-state index contributed by atoms with van der Waals surface area (Å²) in [5.74, 6) is 0.720. The van der Waals surface area contributed by atoms with Crippen LogP contribution >= 0.6 is 0 Å². The van der Waals surface area contributed by atoms with Crippen LogP contribution in [0.1, 0.15) is 41.6 Å². The van der Waals surface area contributed by atoms with Crippen LogP contribution in [0.5, 0.6) is 5.75 Å². The molecule has 1 aliphatic rings. The van der Waals surface area contributed by atoms with E-state index in [0.29, 0.717) is 5.56 Å². The molecule has 0 saturated heterocycles. The number of aliphatic hydroxyl groups is 1. The van der Waals surface area contributed by atoms with Gasteiger partial charge < -0.3 is 15.2 Å². The molecule has 2 aromatic rings. The van der Waals surface area contributed by atoms with Gasteiger partial charge in [-0.05, 0) is 60.7 Å². The number of ether oxygens (including phenoxy) is 1. The highest BCUT2D eigenvalue weighted by atomic mass is 16.5. The van der Waals surface area contributed by atoms with Crippen molar-refractivity contribution in [3.8, 4) is 16.9 Å². The van der Waals surface area contributed by atoms with Crippen LogP contribution < -0.4 is 10.1 Å². The van der Waals surface area contributed by atoms with E-state index in [0.717, 1.165) is 48.1 Å². The van der Waals surface area contributed by atoms with Gasteiger partial charge in [-0.3, -0.25) is 4.79 Å². The third-order valence-electron chi connectivity index (χ3n) is 5.13. The number of carbonyl (C=O) groups excluding carboxylic acids is 1. The second kappa shape index (κ2) is 7.28. The number of rotatable bonds is 5. The Hall–Kier alpha value is -2.33. The Morgan fingerprint density at radius 1 is 1.16 bits per heavy atom. The van der Waals surface area contributed by atoms with Crippen LogP contribution in [0.3, 0.4) is 0 Å². The lowest BCUT2D eigenvalue weighted by molar-refractivity contribution is 0.0838. The average Bonchev–Trinajstić information content (AvgIpc) is 3.10. The van der Waals surface area contributed by atoms with Crippen molar-refractivity contribution in [1.29, 1.82) is 0 Å². The molecule has 0 spiro atoms. The summed E-state index contributed by atoms with van der Waals surface area (Å²) in [6.07, 6.45) is 3.80. The molecule has 25 heavy (non-hydrogen) atoms. The van der Waals surface area contributed by atoms with Crippen molar-refractivity contribution < 1.29 is 14.6 Å². The van der Waals surface area contributed by atoms with Gasteiger partial charge in [-0.15, -0.1) is 0 Å². The zero-order chi connectivity index (χ0) is 17.9. The van der Waals surface area contributed by atoms with Gasteiger partial charge in [0, 0.05) is 5.56 Å². The average molecular weight is 339 g/mol. The van der Waals surface area contributed by atoms with Gasteiger partial charge in [-0.2, -0.15) is 0 Å². The molecule has 4 heteroatoms. The van der Waals surface area contributed by atoms with Crippen LogP contribution in [-0.4, -0.2) is 30.3 Å². The SMILES string of the molecule is COc1ccc(-c2ccc(C(=O)NC3(CO)CCCC3)cc2)c(C)c1. The summed E-state index contributed by atoms with van der Waals surface area (Å²) in [4.78, 5) is 12.5. The molecule has 0 atom stereocenters. The van der Waals surface area contributed by atoms with Crippen LogP contribution in [0, 0.1) is 6.92 Å². The van der Waals surface area contributed by atoms with E-state index >= 15 is 0 Å². The Morgan fingerprint density at radius 2 is 1.84 bits per heavy atom. The molecule has 0 aliphatic heterocycles. The first-order valence-corrected chi connectivity index (χ1v) is 8.75. The van der Waals surface area contributed by atoms with Gasteiger partial charge in [0.2, 0.25) is 0 Å². The maximum Gasteiger partial charge on any atom is 0.251 e. The van der Waals surface area contributed by atoms with Gasteiger partial charge in [0.1, 0.15) is 5.75 Å². The fourth-order valence-corrected chi connectivity index (χ4v) is 3.58. The maximum atomic E-state index is 12.5. The number of methoxy groups -OCH3 is 1. The van der Waals surface area contributed by atoms with Crippen LogP contribution in [0.4, 0.5) is 0 Å². The smallest absolute Gasteiger partial charge is 0.251 e. The standard InChI is InChI=1S/C21H25NO3/c1-15-13-18(25-2)9-10-19(15)16-5-7-17(8-6-16)20(24)22-21(14-23)11-3-4-12-21/h5-10,13,23H,3-4,11-12,14H2,1-2H3,(H,22,24). The summed E-state index contributed by atoms with van der Waals surface area (Å²) in [6, 6.07) is 13.6. The second-order valence-corrected chi connectivity index (χ2v) is 6.86. The minimum absolute atomic E-state index is 0.00185. The first-order chi connectivity index (χ1) is 12.1. The molecular weight excluding hydrogens is 314 g/mol. The minimum atomic E-state index is -0.442. The van der Waals surface area contributed by atoms with Crippen LogP contribution in [0.2, 0.25) is 0 Å². The number of aryl methyl sites for hydroxylation is 1. The van der Waals surface area contributed by atoms with Gasteiger partial charge in [-0.1, -0.05) is 31.0 Å². The fourth-order valence-electron chi connectivity index (χ4n) is 3.58. The summed E-state index contributed by atoms with van der Waals surface area (Å²) >= 11 is 0. The molecule has 1 saturated carbocycles. The highest BCUT2D eigenvalue weighted by Crippen LogP contribution is 2.30. The molecule has 4 nitrogen and oxygen atoms in total. The molecule has 0 aromatic heterocycles. The Labute approximate surface area is 148 Å². The van der Waals surface area contributed by atoms with Gasteiger partial charge in [-0.25, -0.2) is 0 Å². The molecule has 132 valence electrons. The lowest BCUT2D eigenvalue weighted by atomic mass is 9.97. The van der Waals surface area contributed by atoms with Crippen molar-refractivity contribution in [2.24, 2.45) is 0 Å². The summed E-state index contributed by atoms with van der Waals surface area (Å²) < 4.78 is 5.25. The van der Waals surface area contributed by atoms with E-state index in [9.17, 15) is 9.90 Å². The zero-order valence-corrected chi connectivity index (χ0v) is 14.8. The van der Waals surface area contributed by atoms with Crippen LogP contribution in [0.25, 0.3) is 11.1 Å². The molecule has 0 radical (unpaired) electrons. The van der Waals surface area contributed by atoms with Gasteiger partial charge >= 0.3 is 0 Å². The number of amides is 1. The van der Waals surface area contributed by atoms with Crippen molar-refractivity contribution >= 4 is 5.91 Å². The lowest BCUT2D eigenvalue weighted by Crippen LogP contribution is -2.49. The number of aliphatic hydroxyl groups excluding tert-OH is 1. The molecule has 1 fully saturated rings. The zero-order valence-electron chi connectivity index (χ0n) is 14.8. The van der Waals surface area contributed by atoms with Crippen molar-refractivity contribution in [2.45, 2.75) is 38.1 Å². The van der Waals surface area contributed by atoms with Crippen molar-refractivity contribution in [2.75, 3.05) is 13.7 Å². The van der Waals surface area contributed by atoms with Crippen LogP contribution in [-0.2, 0) is 0 Å². The van der Waals surface area contributed by atoms with Crippen molar-refractivity contribution in [1.82, 2.24) is 5.32 Å². The molecule has 1 aliphatic carbocycles. The summed E-state index contributed by atoms with van der Waals surface area (Å²) in [5, 5.41) is 12.7. The Bertz CT molecular complexity index is 746. The second-order valence-electron chi connectivity index (χ2n) is 6.86. The van der Waals surface area contributed by atoms with E-state index in [1.165, 1.54) is 0 Å². The Balaban J connectivity index is 1.77. The number of hydrogen-bond donors (Lipinski definition) is 2. The molecule has 2 N–H and O–H groups in total. The number of carbonyl (C=O) groups is 1. The molecule has 0 unspecified atom stereocenters. The first-order valence-electron chi connectivity index (χ1n) is 8.75. The largest absolute Gasteiger partial charge is 0.497 e. The maximum absolute atomic E-state index is 12.5. The fraction of sp³-hybridized carbons (Fsp3) is 0.381. The predicted octanol–water partition coefficient (Wildman–Crippen LogP) is 3.71. The normalized spacial score (nSPS) is 15.8. The number of hydrogen-bond acceptors (Lipinski definition) is 3. The van der Waals surface area contributed by atoms with Gasteiger partial charge in [0.15, 0.2) is 0 Å². The number of benzene rings is 2. The quantitative estimate of drug-likeness (QED) is 0.873. The monoisotopic (exact) mass is 339 g/mol. The van der Waals surface area contributed by atoms with Crippen molar-refractivity contribution in [3.63, 3.8) is 0 Å². The topological polar surface area (TPSA) is 58.6 Å². The summed E-state index contributed by atoms with van der Waals surface area (Å²) in [5.41, 5.74) is 3.49. The molecule has 1 amide bonds. The first kappa shape index (κ1) is 17.5. The summed E-state index contributed by atoms with van der Waals surface area (Å²) in [7, 11) is 1.66. The van der Waals surface area contributed by atoms with E-state index in [4.69, 9.17) is 4.74 Å². The third kappa shape index (κ3) is 3.69. The Kier molecular flexibility index (Phi) is 5.09. The van der Waals surface area contributed by atoms with E-state index in [1.807, 2.05) is 49.4 Å². The third-order valence-corrected chi connectivity index (χ3v) is 5.13. The molecule has 3 rings (SSSR count). The number of nitrogens with one attached hydrogen (secondary N) is 1. The van der Waals surface area contributed by atoms with E-state index in [-0.39, 0.29) is 12.5 Å². The van der Waals surface area contributed by atoms with E-state index in [1.54, 1.807) is 7.11 Å². The predicted molar refractivity (Wildman–Crippen MR) is 98.9 cm³/mol. The molecule has 2 aromatic carbocycles. The van der Waals surface area contributed by atoms with E-state index in [2.05, 4.69) is 5.32 Å². The molecular formula is C21H25NO3. The molecule has 0 bridgehead atoms. The van der Waals surface area contributed by atoms with Gasteiger partial charge in [0.25, 0.3) is 5.91 Å². The Morgan fingerprint density at radius 3 is 2.40 bits per heavy atom. The highest BCUT2D eigenvalue weighted by molar-refractivity contribution is 5.95. The minimum Gasteiger partial charge on any atom is -0.497 e. The highest BCUT2D eigenvalue weighted by Gasteiger charge is 2.34. The molecule has 0 heterocycles. The lowest BCUT2D eigenvalue weighted by Gasteiger charge is -2.28. The van der Waals surface area contributed by atoms with Gasteiger partial charge in [0.05, 0.1) is 19.3 Å². The van der Waals surface area contributed by atoms with Crippen molar-refractivity contribution in [3.05, 3.63) is 53.6 Å². The van der Waals surface area contributed by atoms with E-state index < -0.39 is 5.54 Å². The summed E-state index contributed by atoms with van der Waals surface area (Å²) in [6.45, 7) is 2.05.